The molecule has 1 spiro atoms. The van der Waals surface area contributed by atoms with Crippen molar-refractivity contribution < 1.29 is 28.3 Å². The number of aliphatic hydroxyl groups is 1. The number of oxazole rings is 2. The molecule has 10 rings (SSSR count). The molecular weight excluding hydrogens is 684 g/mol. The molecule has 3 aromatic heterocycles. The molecule has 1 fully saturated rings. The van der Waals surface area contributed by atoms with Gasteiger partial charge in [0.2, 0.25) is 17.7 Å². The highest BCUT2D eigenvalue weighted by molar-refractivity contribution is 5.94. The zero-order valence-corrected chi connectivity index (χ0v) is 29.9. The van der Waals surface area contributed by atoms with Crippen molar-refractivity contribution in [2.24, 2.45) is 5.92 Å². The number of benzene rings is 3. The number of hydrogen-bond acceptors (Lipinski definition) is 9. The summed E-state index contributed by atoms with van der Waals surface area (Å²) in [6.07, 6.45) is 6.37. The number of carbonyl (C=O) groups excluding carboxylic acids is 2. The van der Waals surface area contributed by atoms with Crippen molar-refractivity contribution in [2.45, 2.75) is 81.7 Å². The third-order valence-electron chi connectivity index (χ3n) is 11.7. The highest BCUT2D eigenvalue weighted by atomic mass is 16.5. The molecule has 0 saturated heterocycles. The number of fused-ring (bicyclic) bond motifs is 5. The number of nitrogens with zero attached hydrogens (tertiary/aromatic N) is 2. The summed E-state index contributed by atoms with van der Waals surface area (Å²) in [5.74, 6) is 1.13. The summed E-state index contributed by atoms with van der Waals surface area (Å²) in [7, 11) is 0. The number of amides is 2. The fourth-order valence-corrected chi connectivity index (χ4v) is 8.89. The lowest BCUT2D eigenvalue weighted by Gasteiger charge is -2.33. The molecule has 3 aliphatic heterocycles. The standard InChI is InChI=1S/C42H40N6O6/c1-22(2)33-38-48-34(37-44-21-32(52-37)25-20-43-28-12-6-4-10-24(25)28)35(54-38)42-26-11-5-7-13-29(26)46-40(42)53-31-15-14-23(18-27(31)42)19-30(36(49)47-33)45-39(50)41(51)16-8-3-9-17-41/h4-7,10-15,18,20-22,30,33,40,43,46,51H,3,8-9,16-17,19H2,1-2H3,(H,45,50)(H,47,49)/t30-,33-,40-,42?/m0/s1. The minimum Gasteiger partial charge on any atom is -0.469 e. The summed E-state index contributed by atoms with van der Waals surface area (Å²) in [5, 5.41) is 22.0. The lowest BCUT2D eigenvalue weighted by molar-refractivity contribution is -0.145. The summed E-state index contributed by atoms with van der Waals surface area (Å²) in [6.45, 7) is 3.96. The Labute approximate surface area is 310 Å². The van der Waals surface area contributed by atoms with E-state index in [2.05, 4.69) is 27.0 Å². The molecule has 5 N–H and O–H groups in total. The van der Waals surface area contributed by atoms with Gasteiger partial charge < -0.3 is 39.6 Å². The van der Waals surface area contributed by atoms with Crippen LogP contribution in [0, 0.1) is 5.92 Å². The second-order valence-corrected chi connectivity index (χ2v) is 15.4. The van der Waals surface area contributed by atoms with Gasteiger partial charge in [0.15, 0.2) is 23.4 Å². The van der Waals surface area contributed by atoms with Gasteiger partial charge in [-0.3, -0.25) is 9.59 Å². The van der Waals surface area contributed by atoms with Gasteiger partial charge >= 0.3 is 0 Å². The molecule has 274 valence electrons. The summed E-state index contributed by atoms with van der Waals surface area (Å²) in [5.41, 5.74) is 3.14. The second-order valence-electron chi connectivity index (χ2n) is 15.4. The Kier molecular flexibility index (Phi) is 7.32. The van der Waals surface area contributed by atoms with Crippen molar-refractivity contribution in [3.05, 3.63) is 107 Å². The zero-order valence-electron chi connectivity index (χ0n) is 29.9. The average Bonchev–Trinajstić information content (AvgIpc) is 4.00. The third-order valence-corrected chi connectivity index (χ3v) is 11.7. The predicted molar refractivity (Wildman–Crippen MR) is 199 cm³/mol. The van der Waals surface area contributed by atoms with Crippen LogP contribution >= 0.6 is 0 Å². The number of para-hydroxylation sites is 2. The molecule has 0 radical (unpaired) electrons. The largest absolute Gasteiger partial charge is 0.469 e. The Morgan fingerprint density at radius 3 is 2.65 bits per heavy atom. The van der Waals surface area contributed by atoms with Gasteiger partial charge in [-0.25, -0.2) is 9.97 Å². The molecule has 54 heavy (non-hydrogen) atoms. The van der Waals surface area contributed by atoms with Crippen LogP contribution in [0.1, 0.15) is 80.3 Å². The Morgan fingerprint density at radius 1 is 0.981 bits per heavy atom. The minimum absolute atomic E-state index is 0.169. The lowest BCUT2D eigenvalue weighted by atomic mass is 9.72. The van der Waals surface area contributed by atoms with E-state index in [-0.39, 0.29) is 24.1 Å². The van der Waals surface area contributed by atoms with Crippen LogP contribution in [0.5, 0.6) is 5.75 Å². The van der Waals surface area contributed by atoms with Crippen LogP contribution < -0.4 is 20.7 Å². The maximum Gasteiger partial charge on any atom is 0.252 e. The summed E-state index contributed by atoms with van der Waals surface area (Å²) in [6, 6.07) is 20.2. The number of aromatic amines is 1. The molecule has 6 aromatic rings. The fourth-order valence-electron chi connectivity index (χ4n) is 8.89. The van der Waals surface area contributed by atoms with Gasteiger partial charge in [-0.1, -0.05) is 81.6 Å². The first kappa shape index (κ1) is 32.7. The second kappa shape index (κ2) is 12.1. The highest BCUT2D eigenvalue weighted by Gasteiger charge is 2.61. The Hall–Kier alpha value is -5.88. The van der Waals surface area contributed by atoms with E-state index in [0.717, 1.165) is 58.1 Å². The number of rotatable bonds is 5. The molecule has 12 heteroatoms. The van der Waals surface area contributed by atoms with Crippen molar-refractivity contribution >= 4 is 28.4 Å². The Bertz CT molecular complexity index is 2460. The number of ether oxygens (including phenoxy) is 1. The number of anilines is 1. The van der Waals surface area contributed by atoms with Crippen LogP contribution in [0.3, 0.4) is 0 Å². The van der Waals surface area contributed by atoms with E-state index in [1.54, 1.807) is 6.20 Å². The van der Waals surface area contributed by atoms with Gasteiger partial charge in [0.05, 0.1) is 6.20 Å². The first-order chi connectivity index (χ1) is 26.2. The molecule has 4 atom stereocenters. The van der Waals surface area contributed by atoms with Gasteiger partial charge in [0.25, 0.3) is 5.91 Å². The molecule has 1 unspecified atom stereocenters. The first-order valence-corrected chi connectivity index (χ1v) is 18.8. The fraction of sp³-hybridized carbons (Fsp3) is 0.333. The quantitative estimate of drug-likeness (QED) is 0.133. The van der Waals surface area contributed by atoms with E-state index in [4.69, 9.17) is 23.5 Å². The van der Waals surface area contributed by atoms with Crippen LogP contribution in [0.15, 0.2) is 88.0 Å². The van der Waals surface area contributed by atoms with Crippen LogP contribution in [0.25, 0.3) is 33.8 Å². The summed E-state index contributed by atoms with van der Waals surface area (Å²) < 4.78 is 20.3. The summed E-state index contributed by atoms with van der Waals surface area (Å²) in [4.78, 5) is 41.2. The van der Waals surface area contributed by atoms with E-state index < -0.39 is 41.1 Å². The number of nitrogens with one attached hydrogen (secondary N) is 4. The van der Waals surface area contributed by atoms with E-state index in [9.17, 15) is 14.7 Å². The molecule has 3 aromatic carbocycles. The number of hydrogen-bond donors (Lipinski definition) is 5. The Morgan fingerprint density at radius 2 is 1.80 bits per heavy atom. The lowest BCUT2D eigenvalue weighted by Crippen LogP contribution is -2.56. The van der Waals surface area contributed by atoms with Crippen LogP contribution in [0.4, 0.5) is 5.69 Å². The van der Waals surface area contributed by atoms with Gasteiger partial charge in [-0.15, -0.1) is 0 Å². The monoisotopic (exact) mass is 724 g/mol. The van der Waals surface area contributed by atoms with E-state index in [0.29, 0.717) is 35.8 Å². The predicted octanol–water partition coefficient (Wildman–Crippen LogP) is 6.51. The average molecular weight is 725 g/mol. The van der Waals surface area contributed by atoms with Crippen molar-refractivity contribution in [1.29, 1.82) is 0 Å². The van der Waals surface area contributed by atoms with Crippen LogP contribution in [-0.2, 0) is 21.4 Å². The van der Waals surface area contributed by atoms with E-state index >= 15 is 0 Å². The minimum atomic E-state index is -1.52. The van der Waals surface area contributed by atoms with Crippen molar-refractivity contribution in [3.63, 3.8) is 0 Å². The maximum atomic E-state index is 14.3. The van der Waals surface area contributed by atoms with Gasteiger partial charge in [0, 0.05) is 40.3 Å². The third kappa shape index (κ3) is 4.85. The first-order valence-electron chi connectivity index (χ1n) is 18.8. The molecule has 2 amide bonds. The number of H-pyrrole nitrogens is 1. The van der Waals surface area contributed by atoms with Gasteiger partial charge in [-0.2, -0.15) is 0 Å². The molecular formula is C42H40N6O6. The zero-order chi connectivity index (χ0) is 36.8. The van der Waals surface area contributed by atoms with E-state index in [1.807, 2.05) is 80.7 Å². The van der Waals surface area contributed by atoms with Crippen LogP contribution in [-0.4, -0.2) is 49.7 Å². The van der Waals surface area contributed by atoms with Gasteiger partial charge in [-0.05, 0) is 48.1 Å². The van der Waals surface area contributed by atoms with Crippen molar-refractivity contribution in [1.82, 2.24) is 25.6 Å². The van der Waals surface area contributed by atoms with E-state index in [1.165, 1.54) is 0 Å². The van der Waals surface area contributed by atoms with Crippen molar-refractivity contribution in [3.8, 4) is 28.7 Å². The number of carbonyl (C=O) groups is 2. The number of aromatic nitrogens is 3. The maximum absolute atomic E-state index is 14.3. The van der Waals surface area contributed by atoms with Crippen LogP contribution in [0.2, 0.25) is 0 Å². The summed E-state index contributed by atoms with van der Waals surface area (Å²) >= 11 is 0. The molecule has 1 saturated carbocycles. The van der Waals surface area contributed by atoms with Crippen molar-refractivity contribution in [2.75, 3.05) is 5.32 Å². The SMILES string of the molecule is CC(C)[C@@H]1NC(=O)[C@@H](NC(=O)C2(O)CCCCC2)Cc2ccc3c(c2)C2(c4ccccc4N[C@H]2O3)c2oc1nc2-c1ncc(-c2c[nH]c3ccccc23)o1. The molecule has 6 heterocycles. The molecule has 12 nitrogen and oxygen atoms in total. The normalized spacial score (nSPS) is 23.8. The smallest absolute Gasteiger partial charge is 0.252 e. The van der Waals surface area contributed by atoms with Gasteiger partial charge in [0.1, 0.15) is 28.8 Å². The Balaban J connectivity index is 1.16. The molecule has 4 bridgehead atoms. The highest BCUT2D eigenvalue weighted by Crippen LogP contribution is 2.59. The molecule has 4 aliphatic rings. The topological polar surface area (TPSA) is 168 Å². The molecule has 1 aliphatic carbocycles.